The van der Waals surface area contributed by atoms with E-state index in [0.717, 1.165) is 25.7 Å². The van der Waals surface area contributed by atoms with E-state index in [1.165, 1.54) is 0 Å². The Bertz CT molecular complexity index is 253. The van der Waals surface area contributed by atoms with Gasteiger partial charge in [0.05, 0.1) is 0 Å². The van der Waals surface area contributed by atoms with E-state index < -0.39 is 5.97 Å². The van der Waals surface area contributed by atoms with E-state index >= 15 is 0 Å². The van der Waals surface area contributed by atoms with Crippen LogP contribution in [0.4, 0.5) is 0 Å². The Morgan fingerprint density at radius 3 is 2.41 bits per heavy atom. The quantitative estimate of drug-likeness (QED) is 0.751. The first-order valence-electron chi connectivity index (χ1n) is 6.93. The number of carboxylic acids is 1. The highest BCUT2D eigenvalue weighted by Crippen LogP contribution is 2.40. The fourth-order valence-corrected chi connectivity index (χ4v) is 3.58. The van der Waals surface area contributed by atoms with Crippen LogP contribution in [0.1, 0.15) is 52.9 Å². The van der Waals surface area contributed by atoms with Crippen LogP contribution >= 0.6 is 0 Å². The van der Waals surface area contributed by atoms with Gasteiger partial charge in [0.15, 0.2) is 0 Å². The summed E-state index contributed by atoms with van der Waals surface area (Å²) in [5.74, 6) is 1.25. The minimum Gasteiger partial charge on any atom is -0.481 e. The Balaban J connectivity index is 2.74. The third-order valence-corrected chi connectivity index (χ3v) is 4.41. The molecule has 1 saturated carbocycles. The molecule has 17 heavy (non-hydrogen) atoms. The smallest absolute Gasteiger partial charge is 0.303 e. The molecule has 1 fully saturated rings. The summed E-state index contributed by atoms with van der Waals surface area (Å²) in [5.41, 5.74) is 5.96. The summed E-state index contributed by atoms with van der Waals surface area (Å²) in [5, 5.41) is 9.11. The van der Waals surface area contributed by atoms with Crippen molar-refractivity contribution in [2.75, 3.05) is 0 Å². The van der Waals surface area contributed by atoms with Crippen molar-refractivity contribution in [1.29, 1.82) is 0 Å². The van der Waals surface area contributed by atoms with Crippen molar-refractivity contribution in [3.05, 3.63) is 0 Å². The van der Waals surface area contributed by atoms with Crippen molar-refractivity contribution in [2.24, 2.45) is 29.4 Å². The van der Waals surface area contributed by atoms with Gasteiger partial charge in [-0.1, -0.05) is 27.2 Å². The zero-order chi connectivity index (χ0) is 13.0. The molecule has 0 spiro atoms. The van der Waals surface area contributed by atoms with Crippen LogP contribution < -0.4 is 5.73 Å². The summed E-state index contributed by atoms with van der Waals surface area (Å²) >= 11 is 0. The SMILES string of the molecule is CCC(C(C)C)C(CC(=O)O)C1CCC(N)C1. The molecule has 0 aliphatic heterocycles. The maximum atomic E-state index is 11.1. The van der Waals surface area contributed by atoms with E-state index in [4.69, 9.17) is 10.8 Å². The maximum absolute atomic E-state index is 11.1. The van der Waals surface area contributed by atoms with Crippen LogP contribution in [0.2, 0.25) is 0 Å². The molecule has 100 valence electrons. The number of carboxylic acid groups (broad SMARTS) is 1. The molecule has 3 heteroatoms. The van der Waals surface area contributed by atoms with E-state index in [1.54, 1.807) is 0 Å². The molecule has 0 bridgehead atoms. The van der Waals surface area contributed by atoms with E-state index in [1.807, 2.05) is 0 Å². The Morgan fingerprint density at radius 1 is 1.41 bits per heavy atom. The molecule has 0 aromatic heterocycles. The van der Waals surface area contributed by atoms with Crippen LogP contribution in [0.25, 0.3) is 0 Å². The van der Waals surface area contributed by atoms with Crippen LogP contribution in [-0.2, 0) is 4.79 Å². The Hall–Kier alpha value is -0.570. The van der Waals surface area contributed by atoms with Crippen molar-refractivity contribution in [3.63, 3.8) is 0 Å². The van der Waals surface area contributed by atoms with Gasteiger partial charge in [-0.15, -0.1) is 0 Å². The van der Waals surface area contributed by atoms with Crippen LogP contribution in [0, 0.1) is 23.7 Å². The van der Waals surface area contributed by atoms with Gasteiger partial charge in [0.2, 0.25) is 0 Å². The van der Waals surface area contributed by atoms with Crippen LogP contribution in [0.3, 0.4) is 0 Å². The fraction of sp³-hybridized carbons (Fsp3) is 0.929. The number of rotatable bonds is 6. The van der Waals surface area contributed by atoms with E-state index in [-0.39, 0.29) is 0 Å². The van der Waals surface area contributed by atoms with Crippen LogP contribution in [0.5, 0.6) is 0 Å². The minimum atomic E-state index is -0.658. The zero-order valence-corrected chi connectivity index (χ0v) is 11.4. The lowest BCUT2D eigenvalue weighted by Crippen LogP contribution is -2.29. The molecule has 3 N–H and O–H groups in total. The highest BCUT2D eigenvalue weighted by molar-refractivity contribution is 5.67. The highest BCUT2D eigenvalue weighted by Gasteiger charge is 2.35. The molecule has 0 heterocycles. The second kappa shape index (κ2) is 6.39. The molecular formula is C14H27NO2. The average molecular weight is 241 g/mol. The predicted octanol–water partition coefficient (Wildman–Crippen LogP) is 2.89. The van der Waals surface area contributed by atoms with Crippen molar-refractivity contribution in [1.82, 2.24) is 0 Å². The van der Waals surface area contributed by atoms with Gasteiger partial charge in [-0.25, -0.2) is 0 Å². The lowest BCUT2D eigenvalue weighted by molar-refractivity contribution is -0.139. The summed E-state index contributed by atoms with van der Waals surface area (Å²) in [4.78, 5) is 11.1. The summed E-state index contributed by atoms with van der Waals surface area (Å²) in [6.07, 6.45) is 4.58. The summed E-state index contributed by atoms with van der Waals surface area (Å²) in [7, 11) is 0. The topological polar surface area (TPSA) is 63.3 Å². The molecule has 1 aliphatic carbocycles. The third-order valence-electron chi connectivity index (χ3n) is 4.41. The normalized spacial score (nSPS) is 28.3. The molecule has 1 rings (SSSR count). The largest absolute Gasteiger partial charge is 0.481 e. The van der Waals surface area contributed by atoms with E-state index in [0.29, 0.717) is 36.1 Å². The molecule has 3 nitrogen and oxygen atoms in total. The van der Waals surface area contributed by atoms with Gasteiger partial charge >= 0.3 is 5.97 Å². The standard InChI is InChI=1S/C14H27NO2/c1-4-12(9(2)3)13(8-14(16)17)10-5-6-11(15)7-10/h9-13H,4-8,15H2,1-3H3,(H,16,17). The monoisotopic (exact) mass is 241 g/mol. The predicted molar refractivity (Wildman–Crippen MR) is 69.7 cm³/mol. The zero-order valence-electron chi connectivity index (χ0n) is 11.4. The molecule has 4 unspecified atom stereocenters. The number of aliphatic carboxylic acids is 1. The van der Waals surface area contributed by atoms with Gasteiger partial charge in [-0.3, -0.25) is 4.79 Å². The molecular weight excluding hydrogens is 214 g/mol. The van der Waals surface area contributed by atoms with Crippen molar-refractivity contribution in [3.8, 4) is 0 Å². The van der Waals surface area contributed by atoms with Crippen molar-refractivity contribution in [2.45, 2.75) is 58.9 Å². The third kappa shape index (κ3) is 3.98. The van der Waals surface area contributed by atoms with Gasteiger partial charge in [0.1, 0.15) is 0 Å². The first-order chi connectivity index (χ1) is 7.95. The molecule has 0 aromatic carbocycles. The summed E-state index contributed by atoms with van der Waals surface area (Å²) < 4.78 is 0. The van der Waals surface area contributed by atoms with Gasteiger partial charge in [0, 0.05) is 12.5 Å². The summed E-state index contributed by atoms with van der Waals surface area (Å²) in [6, 6.07) is 0.293. The second-order valence-corrected chi connectivity index (χ2v) is 5.91. The first kappa shape index (κ1) is 14.5. The van der Waals surface area contributed by atoms with E-state index in [2.05, 4.69) is 20.8 Å². The van der Waals surface area contributed by atoms with Crippen molar-refractivity contribution >= 4 is 5.97 Å². The molecule has 0 aromatic rings. The average Bonchev–Trinajstić information content (AvgIpc) is 2.63. The van der Waals surface area contributed by atoms with Gasteiger partial charge < -0.3 is 10.8 Å². The number of hydrogen-bond acceptors (Lipinski definition) is 2. The molecule has 0 radical (unpaired) electrons. The first-order valence-corrected chi connectivity index (χ1v) is 6.93. The van der Waals surface area contributed by atoms with Crippen LogP contribution in [-0.4, -0.2) is 17.1 Å². The van der Waals surface area contributed by atoms with Crippen LogP contribution in [0.15, 0.2) is 0 Å². The fourth-order valence-electron chi connectivity index (χ4n) is 3.58. The van der Waals surface area contributed by atoms with Gasteiger partial charge in [-0.05, 0) is 42.9 Å². The second-order valence-electron chi connectivity index (χ2n) is 5.91. The molecule has 4 atom stereocenters. The van der Waals surface area contributed by atoms with Gasteiger partial charge in [-0.2, -0.15) is 0 Å². The minimum absolute atomic E-state index is 0.293. The Labute approximate surface area is 105 Å². The van der Waals surface area contributed by atoms with Crippen molar-refractivity contribution < 1.29 is 9.90 Å². The lowest BCUT2D eigenvalue weighted by Gasteiger charge is -2.33. The van der Waals surface area contributed by atoms with E-state index in [9.17, 15) is 4.79 Å². The highest BCUT2D eigenvalue weighted by atomic mass is 16.4. The molecule has 1 aliphatic rings. The number of carbonyl (C=O) groups is 1. The maximum Gasteiger partial charge on any atom is 0.303 e. The molecule has 0 amide bonds. The van der Waals surface area contributed by atoms with Gasteiger partial charge in [0.25, 0.3) is 0 Å². The summed E-state index contributed by atoms with van der Waals surface area (Å²) in [6.45, 7) is 6.59. The number of nitrogens with two attached hydrogens (primary N) is 1. The molecule has 0 saturated heterocycles. The number of hydrogen-bond donors (Lipinski definition) is 2. The Morgan fingerprint density at radius 2 is 2.06 bits per heavy atom. The lowest BCUT2D eigenvalue weighted by atomic mass is 9.72. The Kier molecular flexibility index (Phi) is 5.44.